The number of nitrogens with zero attached hydrogens (tertiary/aromatic N) is 1. The van der Waals surface area contributed by atoms with E-state index in [4.69, 9.17) is 0 Å². The molecule has 100 valence electrons. The number of nitrogens with one attached hydrogen (secondary N) is 3. The predicted molar refractivity (Wildman–Crippen MR) is 72.6 cm³/mol. The van der Waals surface area contributed by atoms with E-state index < -0.39 is 6.04 Å². The van der Waals surface area contributed by atoms with Gasteiger partial charge >= 0.3 is 0 Å². The van der Waals surface area contributed by atoms with Gasteiger partial charge in [-0.3, -0.25) is 20.0 Å². The molecule has 0 bridgehead atoms. The molecule has 1 atom stereocenters. The summed E-state index contributed by atoms with van der Waals surface area (Å²) in [5.41, 5.74) is 1.72. The molecule has 1 aromatic heterocycles. The lowest BCUT2D eigenvalue weighted by atomic mass is 10.1. The van der Waals surface area contributed by atoms with Gasteiger partial charge in [0.2, 0.25) is 12.3 Å². The van der Waals surface area contributed by atoms with Crippen LogP contribution in [0.4, 0.5) is 5.69 Å². The van der Waals surface area contributed by atoms with E-state index in [2.05, 4.69) is 20.8 Å². The number of aromatic amines is 1. The zero-order valence-electron chi connectivity index (χ0n) is 10.6. The molecule has 1 unspecified atom stereocenters. The van der Waals surface area contributed by atoms with E-state index in [1.165, 1.54) is 0 Å². The van der Waals surface area contributed by atoms with E-state index in [0.29, 0.717) is 12.8 Å². The number of hydrogen-bond donors (Lipinski definition) is 3. The number of carbonyl (C=O) groups is 2. The molecule has 1 aromatic carbocycles. The number of benzene rings is 1. The molecule has 0 fully saturated rings. The summed E-state index contributed by atoms with van der Waals surface area (Å²) in [7, 11) is 0. The average molecular weight is 260 g/mol. The highest BCUT2D eigenvalue weighted by Crippen LogP contribution is 2.22. The number of anilines is 1. The fraction of sp³-hybridized carbons (Fsp3) is 0.308. The maximum atomic E-state index is 11.8. The third kappa shape index (κ3) is 2.90. The van der Waals surface area contributed by atoms with Gasteiger partial charge in [-0.15, -0.1) is 0 Å². The lowest BCUT2D eigenvalue weighted by Crippen LogP contribution is -2.38. The summed E-state index contributed by atoms with van der Waals surface area (Å²) in [5.74, 6) is -0.322. The average Bonchev–Trinajstić information content (AvgIpc) is 2.87. The summed E-state index contributed by atoms with van der Waals surface area (Å²) < 4.78 is 0. The van der Waals surface area contributed by atoms with Crippen molar-refractivity contribution < 1.29 is 9.59 Å². The van der Waals surface area contributed by atoms with Crippen LogP contribution in [0.1, 0.15) is 19.8 Å². The Balaban J connectivity index is 2.23. The number of hydrogen-bond acceptors (Lipinski definition) is 4. The zero-order valence-corrected chi connectivity index (χ0v) is 10.6. The Morgan fingerprint density at radius 3 is 3.11 bits per heavy atom. The molecule has 3 N–H and O–H groups in total. The first-order chi connectivity index (χ1) is 9.26. The van der Waals surface area contributed by atoms with E-state index in [9.17, 15) is 9.59 Å². The van der Waals surface area contributed by atoms with Gasteiger partial charge in [0.1, 0.15) is 6.04 Å². The second-order valence-corrected chi connectivity index (χ2v) is 4.25. The highest BCUT2D eigenvalue weighted by Gasteiger charge is 2.17. The Morgan fingerprint density at radius 1 is 1.53 bits per heavy atom. The summed E-state index contributed by atoms with van der Waals surface area (Å²) in [6.07, 6.45) is 3.60. The summed E-state index contributed by atoms with van der Waals surface area (Å²) in [4.78, 5) is 22.2. The van der Waals surface area contributed by atoms with Gasteiger partial charge in [0.25, 0.3) is 0 Å². The quantitative estimate of drug-likeness (QED) is 0.685. The van der Waals surface area contributed by atoms with Gasteiger partial charge in [-0.25, -0.2) is 0 Å². The minimum atomic E-state index is -0.435. The summed E-state index contributed by atoms with van der Waals surface area (Å²) in [6.45, 7) is 1.99. The molecule has 2 rings (SSSR count). The number of fused-ring (bicyclic) bond motifs is 1. The highest BCUT2D eigenvalue weighted by molar-refractivity contribution is 5.96. The molecule has 6 nitrogen and oxygen atoms in total. The first kappa shape index (κ1) is 13.1. The van der Waals surface area contributed by atoms with E-state index in [1.54, 1.807) is 6.20 Å². The molecule has 1 heterocycles. The second-order valence-electron chi connectivity index (χ2n) is 4.25. The van der Waals surface area contributed by atoms with Crippen LogP contribution >= 0.6 is 0 Å². The normalized spacial score (nSPS) is 12.1. The van der Waals surface area contributed by atoms with Gasteiger partial charge in [-0.2, -0.15) is 5.10 Å². The highest BCUT2D eigenvalue weighted by atomic mass is 16.2. The van der Waals surface area contributed by atoms with Crippen LogP contribution in [0.2, 0.25) is 0 Å². The Labute approximate surface area is 110 Å². The molecule has 2 amide bonds. The van der Waals surface area contributed by atoms with Crippen molar-refractivity contribution in [2.45, 2.75) is 25.8 Å². The smallest absolute Gasteiger partial charge is 0.248 e. The van der Waals surface area contributed by atoms with Crippen LogP contribution in [-0.2, 0) is 9.59 Å². The van der Waals surface area contributed by atoms with Crippen molar-refractivity contribution in [1.29, 1.82) is 0 Å². The SMILES string of the molecule is CCCC(Nc1cccc2[nH]ncc12)C(=O)NC=O. The number of H-pyrrole nitrogens is 1. The molecular weight excluding hydrogens is 244 g/mol. The lowest BCUT2D eigenvalue weighted by molar-refractivity contribution is -0.125. The summed E-state index contributed by atoms with van der Waals surface area (Å²) in [5, 5.41) is 13.1. The van der Waals surface area contributed by atoms with Crippen molar-refractivity contribution in [3.8, 4) is 0 Å². The third-order valence-corrected chi connectivity index (χ3v) is 2.91. The maximum absolute atomic E-state index is 11.8. The van der Waals surface area contributed by atoms with Crippen LogP contribution < -0.4 is 10.6 Å². The molecule has 0 saturated carbocycles. The Bertz CT molecular complexity index is 579. The van der Waals surface area contributed by atoms with Crippen LogP contribution in [-0.4, -0.2) is 28.6 Å². The van der Waals surface area contributed by atoms with Crippen molar-refractivity contribution in [1.82, 2.24) is 15.5 Å². The van der Waals surface area contributed by atoms with Crippen LogP contribution in [0.3, 0.4) is 0 Å². The van der Waals surface area contributed by atoms with E-state index in [-0.39, 0.29) is 5.91 Å². The van der Waals surface area contributed by atoms with Gasteiger partial charge in [0.15, 0.2) is 0 Å². The van der Waals surface area contributed by atoms with Gasteiger partial charge in [0.05, 0.1) is 11.7 Å². The van der Waals surface area contributed by atoms with Crippen molar-refractivity contribution >= 4 is 28.9 Å². The fourth-order valence-corrected chi connectivity index (χ4v) is 2.00. The van der Waals surface area contributed by atoms with E-state index >= 15 is 0 Å². The van der Waals surface area contributed by atoms with Gasteiger partial charge < -0.3 is 5.32 Å². The van der Waals surface area contributed by atoms with Crippen LogP contribution in [0.25, 0.3) is 10.9 Å². The number of rotatable bonds is 6. The van der Waals surface area contributed by atoms with Crippen LogP contribution in [0.5, 0.6) is 0 Å². The van der Waals surface area contributed by atoms with Crippen molar-refractivity contribution in [3.63, 3.8) is 0 Å². The number of amides is 2. The minimum absolute atomic E-state index is 0.322. The Hall–Kier alpha value is -2.37. The molecule has 19 heavy (non-hydrogen) atoms. The van der Waals surface area contributed by atoms with Crippen molar-refractivity contribution in [2.24, 2.45) is 0 Å². The second kappa shape index (κ2) is 5.99. The lowest BCUT2D eigenvalue weighted by Gasteiger charge is -2.17. The molecule has 0 aliphatic rings. The molecule has 0 radical (unpaired) electrons. The molecule has 0 saturated heterocycles. The van der Waals surface area contributed by atoms with E-state index in [0.717, 1.165) is 23.0 Å². The maximum Gasteiger partial charge on any atom is 0.248 e. The number of aromatic nitrogens is 2. The number of imide groups is 1. The van der Waals surface area contributed by atoms with Gasteiger partial charge in [0, 0.05) is 11.1 Å². The topological polar surface area (TPSA) is 86.9 Å². The minimum Gasteiger partial charge on any atom is -0.373 e. The van der Waals surface area contributed by atoms with Crippen molar-refractivity contribution in [2.75, 3.05) is 5.32 Å². The Morgan fingerprint density at radius 2 is 2.37 bits per heavy atom. The molecular formula is C13H16N4O2. The van der Waals surface area contributed by atoms with Crippen LogP contribution in [0.15, 0.2) is 24.4 Å². The van der Waals surface area contributed by atoms with Gasteiger partial charge in [-0.1, -0.05) is 19.4 Å². The molecule has 0 aliphatic carbocycles. The Kier molecular flexibility index (Phi) is 4.12. The summed E-state index contributed by atoms with van der Waals surface area (Å²) in [6, 6.07) is 5.24. The first-order valence-corrected chi connectivity index (χ1v) is 6.19. The van der Waals surface area contributed by atoms with E-state index in [1.807, 2.05) is 25.1 Å². The standard InChI is InChI=1S/C13H16N4O2/c1-2-4-12(13(19)14-8-18)16-10-5-3-6-11-9(10)7-15-17-11/h3,5-8,12,16H,2,4H2,1H3,(H,15,17)(H,14,18,19). The van der Waals surface area contributed by atoms with Crippen molar-refractivity contribution in [3.05, 3.63) is 24.4 Å². The molecule has 2 aromatic rings. The monoisotopic (exact) mass is 260 g/mol. The first-order valence-electron chi connectivity index (χ1n) is 6.19. The molecule has 0 spiro atoms. The summed E-state index contributed by atoms with van der Waals surface area (Å²) >= 11 is 0. The largest absolute Gasteiger partial charge is 0.373 e. The van der Waals surface area contributed by atoms with Gasteiger partial charge in [-0.05, 0) is 18.6 Å². The third-order valence-electron chi connectivity index (χ3n) is 2.91. The number of carbonyl (C=O) groups excluding carboxylic acids is 2. The van der Waals surface area contributed by atoms with Crippen LogP contribution in [0, 0.1) is 0 Å². The molecule has 6 heteroatoms. The fourth-order valence-electron chi connectivity index (χ4n) is 2.00. The molecule has 0 aliphatic heterocycles. The zero-order chi connectivity index (χ0) is 13.7. The predicted octanol–water partition coefficient (Wildman–Crippen LogP) is 1.42.